The third kappa shape index (κ3) is 3.75. The van der Waals surface area contributed by atoms with Crippen LogP contribution in [0.1, 0.15) is 20.3 Å². The zero-order valence-electron chi connectivity index (χ0n) is 15.2. The monoisotopic (exact) mass is 356 g/mol. The standard InChI is InChI=1S/C20H24N2O4/c1-12(2)8-13(11-23)21-20(24)22-16-10-18-15(9-19(16)25-3)14-6-4-5-7-17(14)26-18/h4-7,9-10,12-13,23H,8,11H2,1-3H3,(H2,21,22,24). The molecule has 1 heterocycles. The SMILES string of the molecule is COc1cc2c(cc1NC(=O)NC(CO)CC(C)C)oc1ccccc12. The normalized spacial score (nSPS) is 12.5. The number of aliphatic hydroxyl groups excluding tert-OH is 1. The molecule has 0 saturated carbocycles. The van der Waals surface area contributed by atoms with Gasteiger partial charge in [0.25, 0.3) is 0 Å². The maximum atomic E-state index is 12.3. The molecule has 1 aromatic heterocycles. The third-order valence-electron chi connectivity index (χ3n) is 4.26. The number of nitrogens with one attached hydrogen (secondary N) is 2. The number of urea groups is 1. The molecule has 2 aromatic carbocycles. The van der Waals surface area contributed by atoms with Crippen molar-refractivity contribution in [3.05, 3.63) is 36.4 Å². The lowest BCUT2D eigenvalue weighted by Gasteiger charge is -2.19. The maximum Gasteiger partial charge on any atom is 0.319 e. The highest BCUT2D eigenvalue weighted by molar-refractivity contribution is 6.07. The van der Waals surface area contributed by atoms with E-state index in [4.69, 9.17) is 9.15 Å². The van der Waals surface area contributed by atoms with Crippen molar-refractivity contribution in [3.63, 3.8) is 0 Å². The van der Waals surface area contributed by atoms with Crippen molar-refractivity contribution in [1.82, 2.24) is 5.32 Å². The highest BCUT2D eigenvalue weighted by atomic mass is 16.5. The van der Waals surface area contributed by atoms with Crippen LogP contribution in [-0.4, -0.2) is 30.9 Å². The Hall–Kier alpha value is -2.73. The molecule has 2 amide bonds. The minimum absolute atomic E-state index is 0.106. The van der Waals surface area contributed by atoms with E-state index in [2.05, 4.69) is 10.6 Å². The van der Waals surface area contributed by atoms with E-state index in [1.54, 1.807) is 13.2 Å². The molecule has 0 bridgehead atoms. The second-order valence-electron chi connectivity index (χ2n) is 6.75. The Kier molecular flexibility index (Phi) is 5.32. The molecule has 6 heteroatoms. The minimum atomic E-state index is -0.390. The summed E-state index contributed by atoms with van der Waals surface area (Å²) in [5, 5.41) is 16.9. The summed E-state index contributed by atoms with van der Waals surface area (Å²) in [5.74, 6) is 0.914. The van der Waals surface area contributed by atoms with E-state index in [9.17, 15) is 9.90 Å². The summed E-state index contributed by atoms with van der Waals surface area (Å²) >= 11 is 0. The van der Waals surface area contributed by atoms with Gasteiger partial charge in [0.15, 0.2) is 0 Å². The number of ether oxygens (including phenoxy) is 1. The number of amides is 2. The number of anilines is 1. The summed E-state index contributed by atoms with van der Waals surface area (Å²) in [6, 6.07) is 10.7. The zero-order chi connectivity index (χ0) is 18.7. The van der Waals surface area contributed by atoms with Gasteiger partial charge in [-0.25, -0.2) is 4.79 Å². The van der Waals surface area contributed by atoms with Crippen molar-refractivity contribution in [2.45, 2.75) is 26.3 Å². The first-order valence-corrected chi connectivity index (χ1v) is 8.69. The predicted molar refractivity (Wildman–Crippen MR) is 103 cm³/mol. The van der Waals surface area contributed by atoms with Crippen molar-refractivity contribution >= 4 is 33.7 Å². The van der Waals surface area contributed by atoms with Gasteiger partial charge >= 0.3 is 6.03 Å². The molecule has 1 unspecified atom stereocenters. The smallest absolute Gasteiger partial charge is 0.319 e. The van der Waals surface area contributed by atoms with Gasteiger partial charge in [-0.1, -0.05) is 32.0 Å². The molecule has 0 aliphatic carbocycles. The second-order valence-corrected chi connectivity index (χ2v) is 6.75. The number of carbonyl (C=O) groups excluding carboxylic acids is 1. The lowest BCUT2D eigenvalue weighted by Crippen LogP contribution is -2.41. The Morgan fingerprint density at radius 3 is 2.65 bits per heavy atom. The molecule has 6 nitrogen and oxygen atoms in total. The fourth-order valence-corrected chi connectivity index (χ4v) is 3.11. The minimum Gasteiger partial charge on any atom is -0.495 e. The molecule has 3 N–H and O–H groups in total. The van der Waals surface area contributed by atoms with Crippen LogP contribution in [0.25, 0.3) is 21.9 Å². The summed E-state index contributed by atoms with van der Waals surface area (Å²) in [6.45, 7) is 3.98. The number of para-hydroxylation sites is 1. The number of furan rings is 1. The lowest BCUT2D eigenvalue weighted by atomic mass is 10.0. The van der Waals surface area contributed by atoms with Gasteiger partial charge in [0.1, 0.15) is 16.9 Å². The van der Waals surface area contributed by atoms with Gasteiger partial charge in [-0.2, -0.15) is 0 Å². The third-order valence-corrected chi connectivity index (χ3v) is 4.26. The van der Waals surface area contributed by atoms with Crippen molar-refractivity contribution in [3.8, 4) is 5.75 Å². The Morgan fingerprint density at radius 2 is 1.96 bits per heavy atom. The summed E-state index contributed by atoms with van der Waals surface area (Å²) in [6.07, 6.45) is 0.698. The van der Waals surface area contributed by atoms with Crippen LogP contribution in [0.2, 0.25) is 0 Å². The number of rotatable bonds is 6. The van der Waals surface area contributed by atoms with Gasteiger partial charge in [-0.05, 0) is 24.5 Å². The van der Waals surface area contributed by atoms with Gasteiger partial charge in [0.05, 0.1) is 25.4 Å². The molecule has 0 aliphatic rings. The Balaban J connectivity index is 1.87. The molecule has 0 spiro atoms. The Bertz CT molecular complexity index is 917. The highest BCUT2D eigenvalue weighted by Gasteiger charge is 2.16. The van der Waals surface area contributed by atoms with E-state index in [1.165, 1.54) is 0 Å². The molecule has 26 heavy (non-hydrogen) atoms. The summed E-state index contributed by atoms with van der Waals surface area (Å²) in [7, 11) is 1.56. The van der Waals surface area contributed by atoms with Crippen LogP contribution >= 0.6 is 0 Å². The second kappa shape index (κ2) is 7.66. The van der Waals surface area contributed by atoms with E-state index in [0.29, 0.717) is 29.4 Å². The molecule has 3 aromatic rings. The number of hydrogen-bond donors (Lipinski definition) is 3. The van der Waals surface area contributed by atoms with Crippen LogP contribution in [0, 0.1) is 5.92 Å². The molecule has 0 radical (unpaired) electrons. The first-order valence-electron chi connectivity index (χ1n) is 8.69. The quantitative estimate of drug-likeness (QED) is 0.620. The van der Waals surface area contributed by atoms with E-state index >= 15 is 0 Å². The highest BCUT2D eigenvalue weighted by Crippen LogP contribution is 2.36. The van der Waals surface area contributed by atoms with E-state index < -0.39 is 6.03 Å². The largest absolute Gasteiger partial charge is 0.495 e. The fraction of sp³-hybridized carbons (Fsp3) is 0.350. The number of benzene rings is 2. The number of hydrogen-bond acceptors (Lipinski definition) is 4. The number of methoxy groups -OCH3 is 1. The van der Waals surface area contributed by atoms with Crippen molar-refractivity contribution < 1.29 is 19.1 Å². The fourth-order valence-electron chi connectivity index (χ4n) is 3.11. The molecule has 1 atom stereocenters. The van der Waals surface area contributed by atoms with Gasteiger partial charge in [-0.15, -0.1) is 0 Å². The molecule has 138 valence electrons. The molecule has 3 rings (SSSR count). The van der Waals surface area contributed by atoms with E-state index in [-0.39, 0.29) is 12.6 Å². The molecular weight excluding hydrogens is 332 g/mol. The van der Waals surface area contributed by atoms with Crippen LogP contribution in [-0.2, 0) is 0 Å². The van der Waals surface area contributed by atoms with Crippen LogP contribution in [0.5, 0.6) is 5.75 Å². The Labute approximate surface area is 152 Å². The van der Waals surface area contributed by atoms with Crippen molar-refractivity contribution in [2.75, 3.05) is 19.0 Å². The van der Waals surface area contributed by atoms with Gasteiger partial charge in [0, 0.05) is 16.8 Å². The zero-order valence-corrected chi connectivity index (χ0v) is 15.2. The van der Waals surface area contributed by atoms with Gasteiger partial charge in [0.2, 0.25) is 0 Å². The molecule has 0 fully saturated rings. The Morgan fingerprint density at radius 1 is 1.19 bits per heavy atom. The number of carbonyl (C=O) groups is 1. The number of fused-ring (bicyclic) bond motifs is 3. The van der Waals surface area contributed by atoms with Crippen LogP contribution in [0.4, 0.5) is 10.5 Å². The summed E-state index contributed by atoms with van der Waals surface area (Å²) in [5.41, 5.74) is 1.96. The summed E-state index contributed by atoms with van der Waals surface area (Å²) < 4.78 is 11.3. The summed E-state index contributed by atoms with van der Waals surface area (Å²) in [4.78, 5) is 12.3. The van der Waals surface area contributed by atoms with Crippen molar-refractivity contribution in [2.24, 2.45) is 5.92 Å². The number of aliphatic hydroxyl groups is 1. The van der Waals surface area contributed by atoms with Gasteiger partial charge < -0.3 is 24.9 Å². The predicted octanol–water partition coefficient (Wildman–Crippen LogP) is 4.12. The first kappa shape index (κ1) is 18.1. The topological polar surface area (TPSA) is 83.7 Å². The van der Waals surface area contributed by atoms with Crippen molar-refractivity contribution in [1.29, 1.82) is 0 Å². The molecular formula is C20H24N2O4. The average Bonchev–Trinajstić information content (AvgIpc) is 2.97. The molecule has 0 aliphatic heterocycles. The van der Waals surface area contributed by atoms with E-state index in [1.807, 2.05) is 44.2 Å². The molecule has 0 saturated heterocycles. The maximum absolute atomic E-state index is 12.3. The van der Waals surface area contributed by atoms with Gasteiger partial charge in [-0.3, -0.25) is 0 Å². The lowest BCUT2D eigenvalue weighted by molar-refractivity contribution is 0.214. The average molecular weight is 356 g/mol. The first-order chi connectivity index (χ1) is 12.5. The van der Waals surface area contributed by atoms with Crippen LogP contribution < -0.4 is 15.4 Å². The van der Waals surface area contributed by atoms with Crippen LogP contribution in [0.3, 0.4) is 0 Å². The van der Waals surface area contributed by atoms with Crippen LogP contribution in [0.15, 0.2) is 40.8 Å². The van der Waals surface area contributed by atoms with E-state index in [0.717, 1.165) is 16.4 Å².